The third-order valence-electron chi connectivity index (χ3n) is 3.46. The number of aryl methyl sites for hydroxylation is 1. The van der Waals surface area contributed by atoms with E-state index < -0.39 is 0 Å². The van der Waals surface area contributed by atoms with Crippen LogP contribution in [-0.4, -0.2) is 17.3 Å². The molecule has 1 fully saturated rings. The second-order valence-electron chi connectivity index (χ2n) is 4.53. The van der Waals surface area contributed by atoms with Crippen molar-refractivity contribution in [3.63, 3.8) is 0 Å². The molecule has 3 nitrogen and oxygen atoms in total. The molecule has 0 aliphatic heterocycles. The van der Waals surface area contributed by atoms with Crippen molar-refractivity contribution in [1.82, 2.24) is 5.32 Å². The number of nitrogens with one attached hydrogen (secondary N) is 1. The molecule has 84 valence electrons. The highest BCUT2D eigenvalue weighted by Gasteiger charge is 2.32. The quantitative estimate of drug-likeness (QED) is 0.797. The summed E-state index contributed by atoms with van der Waals surface area (Å²) >= 11 is 0. The van der Waals surface area contributed by atoms with Crippen LogP contribution in [0.15, 0.2) is 16.7 Å². The van der Waals surface area contributed by atoms with Gasteiger partial charge >= 0.3 is 0 Å². The zero-order valence-electron chi connectivity index (χ0n) is 9.25. The largest absolute Gasteiger partial charge is 0.468 e. The molecule has 2 rings (SSSR count). The van der Waals surface area contributed by atoms with Crippen molar-refractivity contribution < 1.29 is 9.52 Å². The Morgan fingerprint density at radius 2 is 2.20 bits per heavy atom. The van der Waals surface area contributed by atoms with Crippen LogP contribution in [-0.2, 0) is 6.54 Å². The molecule has 0 atom stereocenters. The van der Waals surface area contributed by atoms with E-state index in [1.54, 1.807) is 6.26 Å². The molecule has 3 heteroatoms. The summed E-state index contributed by atoms with van der Waals surface area (Å²) in [6.07, 6.45) is 6.29. The number of aliphatic hydroxyl groups excluding tert-OH is 1. The molecule has 0 spiro atoms. The summed E-state index contributed by atoms with van der Waals surface area (Å²) in [5.41, 5.74) is 1.12. The highest BCUT2D eigenvalue weighted by atomic mass is 16.3. The molecular formula is C12H19NO2. The molecule has 1 heterocycles. The summed E-state index contributed by atoms with van der Waals surface area (Å²) in [4.78, 5) is 0. The van der Waals surface area contributed by atoms with Gasteiger partial charge in [0.05, 0.1) is 19.4 Å². The maximum Gasteiger partial charge on any atom is 0.120 e. The van der Waals surface area contributed by atoms with Crippen molar-refractivity contribution in [2.75, 3.05) is 6.61 Å². The van der Waals surface area contributed by atoms with Crippen LogP contribution in [0.3, 0.4) is 0 Å². The maximum absolute atomic E-state index is 9.42. The van der Waals surface area contributed by atoms with Crippen molar-refractivity contribution in [2.24, 2.45) is 0 Å². The molecule has 2 N–H and O–H groups in total. The molecule has 1 saturated carbocycles. The normalized spacial score (nSPS) is 19.6. The molecule has 0 saturated heterocycles. The lowest BCUT2D eigenvalue weighted by Crippen LogP contribution is -2.45. The van der Waals surface area contributed by atoms with Crippen molar-refractivity contribution >= 4 is 0 Å². The van der Waals surface area contributed by atoms with Crippen molar-refractivity contribution in [3.05, 3.63) is 23.7 Å². The Kier molecular flexibility index (Phi) is 3.12. The number of hydrogen-bond acceptors (Lipinski definition) is 3. The van der Waals surface area contributed by atoms with Crippen LogP contribution < -0.4 is 5.32 Å². The molecule has 0 radical (unpaired) electrons. The molecule has 15 heavy (non-hydrogen) atoms. The van der Waals surface area contributed by atoms with Gasteiger partial charge in [0.15, 0.2) is 0 Å². The first-order valence-electron chi connectivity index (χ1n) is 5.65. The Hall–Kier alpha value is -0.800. The van der Waals surface area contributed by atoms with Crippen LogP contribution in [0.1, 0.15) is 37.0 Å². The Bertz CT molecular complexity index is 313. The first-order chi connectivity index (χ1) is 7.26. The first kappa shape index (κ1) is 10.7. The summed E-state index contributed by atoms with van der Waals surface area (Å²) in [5, 5.41) is 12.9. The van der Waals surface area contributed by atoms with Crippen LogP contribution in [0.5, 0.6) is 0 Å². The maximum atomic E-state index is 9.42. The summed E-state index contributed by atoms with van der Waals surface area (Å²) in [6.45, 7) is 2.99. The van der Waals surface area contributed by atoms with Gasteiger partial charge < -0.3 is 14.8 Å². The number of hydrogen-bond donors (Lipinski definition) is 2. The van der Waals surface area contributed by atoms with Gasteiger partial charge in [-0.25, -0.2) is 0 Å². The number of furan rings is 1. The van der Waals surface area contributed by atoms with Gasteiger partial charge in [-0.3, -0.25) is 0 Å². The number of rotatable bonds is 4. The van der Waals surface area contributed by atoms with E-state index in [0.29, 0.717) is 0 Å². The molecule has 0 aromatic carbocycles. The van der Waals surface area contributed by atoms with E-state index in [9.17, 15) is 5.11 Å². The number of aliphatic hydroxyl groups is 1. The Labute approximate surface area is 90.5 Å². The van der Waals surface area contributed by atoms with E-state index in [1.807, 2.05) is 13.0 Å². The summed E-state index contributed by atoms with van der Waals surface area (Å²) < 4.78 is 5.37. The van der Waals surface area contributed by atoms with Gasteiger partial charge in [0, 0.05) is 5.54 Å². The van der Waals surface area contributed by atoms with E-state index in [2.05, 4.69) is 5.32 Å². The predicted molar refractivity (Wildman–Crippen MR) is 58.6 cm³/mol. The highest BCUT2D eigenvalue weighted by Crippen LogP contribution is 2.29. The second-order valence-corrected chi connectivity index (χ2v) is 4.53. The summed E-state index contributed by atoms with van der Waals surface area (Å²) in [6, 6.07) is 1.97. The average molecular weight is 209 g/mol. The molecule has 0 unspecified atom stereocenters. The minimum atomic E-state index is -0.0563. The molecule has 0 amide bonds. The van der Waals surface area contributed by atoms with Crippen molar-refractivity contribution in [2.45, 2.75) is 44.7 Å². The summed E-state index contributed by atoms with van der Waals surface area (Å²) in [7, 11) is 0. The minimum absolute atomic E-state index is 0.0563. The third kappa shape index (κ3) is 2.24. The van der Waals surface area contributed by atoms with Gasteiger partial charge in [0.25, 0.3) is 0 Å². The lowest BCUT2D eigenvalue weighted by molar-refractivity contribution is 0.160. The van der Waals surface area contributed by atoms with E-state index in [-0.39, 0.29) is 12.1 Å². The van der Waals surface area contributed by atoms with E-state index in [0.717, 1.165) is 25.1 Å². The van der Waals surface area contributed by atoms with Crippen LogP contribution in [0.2, 0.25) is 0 Å². The van der Waals surface area contributed by atoms with E-state index in [1.165, 1.54) is 18.4 Å². The van der Waals surface area contributed by atoms with Gasteiger partial charge in [0.1, 0.15) is 5.76 Å². The van der Waals surface area contributed by atoms with Gasteiger partial charge in [0.2, 0.25) is 0 Å². The average Bonchev–Trinajstić information content (AvgIpc) is 2.85. The third-order valence-corrected chi connectivity index (χ3v) is 3.46. The van der Waals surface area contributed by atoms with Crippen LogP contribution in [0.4, 0.5) is 0 Å². The molecule has 1 aliphatic carbocycles. The molecule has 1 aliphatic rings. The van der Waals surface area contributed by atoms with E-state index in [4.69, 9.17) is 4.42 Å². The van der Waals surface area contributed by atoms with Crippen molar-refractivity contribution in [3.8, 4) is 0 Å². The monoisotopic (exact) mass is 209 g/mol. The fourth-order valence-corrected chi connectivity index (χ4v) is 2.30. The second kappa shape index (κ2) is 4.37. The molecule has 1 aromatic heterocycles. The smallest absolute Gasteiger partial charge is 0.120 e. The minimum Gasteiger partial charge on any atom is -0.468 e. The fourth-order valence-electron chi connectivity index (χ4n) is 2.30. The Morgan fingerprint density at radius 3 is 2.73 bits per heavy atom. The Morgan fingerprint density at radius 1 is 1.47 bits per heavy atom. The zero-order valence-corrected chi connectivity index (χ0v) is 9.25. The van der Waals surface area contributed by atoms with Crippen LogP contribution in [0.25, 0.3) is 0 Å². The van der Waals surface area contributed by atoms with Crippen LogP contribution in [0, 0.1) is 6.92 Å². The predicted octanol–water partition coefficient (Wildman–Crippen LogP) is 1.98. The van der Waals surface area contributed by atoms with Gasteiger partial charge in [-0.05, 0) is 31.4 Å². The SMILES string of the molecule is Cc1ccoc1CNC1(CO)CCCC1. The first-order valence-corrected chi connectivity index (χ1v) is 5.65. The van der Waals surface area contributed by atoms with Gasteiger partial charge in [-0.1, -0.05) is 12.8 Å². The standard InChI is InChI=1S/C12H19NO2/c1-10-4-7-15-11(10)8-13-12(9-14)5-2-3-6-12/h4,7,13-14H,2-3,5-6,8-9H2,1H3. The fraction of sp³-hybridized carbons (Fsp3) is 0.667. The topological polar surface area (TPSA) is 45.4 Å². The van der Waals surface area contributed by atoms with Gasteiger partial charge in [-0.2, -0.15) is 0 Å². The lowest BCUT2D eigenvalue weighted by atomic mass is 9.99. The van der Waals surface area contributed by atoms with E-state index >= 15 is 0 Å². The van der Waals surface area contributed by atoms with Crippen molar-refractivity contribution in [1.29, 1.82) is 0 Å². The molecular weight excluding hydrogens is 190 g/mol. The Balaban J connectivity index is 1.94. The zero-order chi connectivity index (χ0) is 10.7. The van der Waals surface area contributed by atoms with Gasteiger partial charge in [-0.15, -0.1) is 0 Å². The summed E-state index contributed by atoms with van der Waals surface area (Å²) in [5.74, 6) is 0.981. The molecule has 0 bridgehead atoms. The van der Waals surface area contributed by atoms with Crippen LogP contribution >= 0.6 is 0 Å². The lowest BCUT2D eigenvalue weighted by Gasteiger charge is -2.27. The molecule has 1 aromatic rings. The highest BCUT2D eigenvalue weighted by molar-refractivity contribution is 5.14.